The van der Waals surface area contributed by atoms with Gasteiger partial charge in [-0.05, 0) is 32.4 Å². The standard InChI is InChI=1S/C14H17N3O3S/c1-5-20-14(19)12-8(2)6-11(21-12)16-13(18)10-7-15-17(4)9(10)3/h6-7H,5H2,1-4H3,(H,16,18). The molecule has 1 N–H and O–H groups in total. The zero-order valence-electron chi connectivity index (χ0n) is 12.4. The first kappa shape index (κ1) is 15.2. The van der Waals surface area contributed by atoms with E-state index in [2.05, 4.69) is 10.4 Å². The van der Waals surface area contributed by atoms with Gasteiger partial charge in [0.15, 0.2) is 0 Å². The highest BCUT2D eigenvalue weighted by Crippen LogP contribution is 2.28. The van der Waals surface area contributed by atoms with E-state index in [4.69, 9.17) is 4.74 Å². The van der Waals surface area contributed by atoms with E-state index in [-0.39, 0.29) is 11.9 Å². The number of hydrogen-bond donors (Lipinski definition) is 1. The highest BCUT2D eigenvalue weighted by molar-refractivity contribution is 7.18. The lowest BCUT2D eigenvalue weighted by molar-refractivity contribution is 0.0531. The van der Waals surface area contributed by atoms with Gasteiger partial charge in [-0.25, -0.2) is 4.79 Å². The smallest absolute Gasteiger partial charge is 0.348 e. The molecule has 1 amide bonds. The van der Waals surface area contributed by atoms with Crippen molar-refractivity contribution >= 4 is 28.2 Å². The third kappa shape index (κ3) is 3.13. The van der Waals surface area contributed by atoms with Gasteiger partial charge in [0.1, 0.15) is 4.88 Å². The van der Waals surface area contributed by atoms with Crippen molar-refractivity contribution in [2.45, 2.75) is 20.8 Å². The summed E-state index contributed by atoms with van der Waals surface area (Å²) in [6, 6.07) is 1.76. The molecule has 0 saturated heterocycles. The number of carbonyl (C=O) groups excluding carboxylic acids is 2. The first-order chi connectivity index (χ1) is 9.93. The number of amides is 1. The molecule has 2 heterocycles. The number of hydrogen-bond acceptors (Lipinski definition) is 5. The molecule has 0 saturated carbocycles. The zero-order chi connectivity index (χ0) is 15.6. The van der Waals surface area contributed by atoms with Crippen molar-refractivity contribution in [1.29, 1.82) is 0 Å². The molecule has 2 aromatic heterocycles. The topological polar surface area (TPSA) is 73.2 Å². The molecule has 21 heavy (non-hydrogen) atoms. The van der Waals surface area contributed by atoms with E-state index in [0.29, 0.717) is 22.0 Å². The SMILES string of the molecule is CCOC(=O)c1sc(NC(=O)c2cnn(C)c2C)cc1C. The van der Waals surface area contributed by atoms with E-state index in [1.807, 2.05) is 13.8 Å². The van der Waals surface area contributed by atoms with Crippen LogP contribution in [-0.4, -0.2) is 28.3 Å². The Kier molecular flexibility index (Phi) is 4.42. The van der Waals surface area contributed by atoms with Crippen LogP contribution in [0.1, 0.15) is 38.2 Å². The quantitative estimate of drug-likeness (QED) is 0.881. The predicted octanol–water partition coefficient (Wildman–Crippen LogP) is 2.53. The first-order valence-electron chi connectivity index (χ1n) is 6.51. The van der Waals surface area contributed by atoms with E-state index < -0.39 is 0 Å². The average Bonchev–Trinajstić information content (AvgIpc) is 2.94. The van der Waals surface area contributed by atoms with Crippen LogP contribution in [0.5, 0.6) is 0 Å². The van der Waals surface area contributed by atoms with Crippen LogP contribution in [0.2, 0.25) is 0 Å². The minimum atomic E-state index is -0.363. The molecule has 7 heteroatoms. The molecule has 2 aromatic rings. The molecular weight excluding hydrogens is 290 g/mol. The second-order valence-electron chi connectivity index (χ2n) is 4.56. The lowest BCUT2D eigenvalue weighted by atomic mass is 10.2. The molecule has 0 aliphatic rings. The Morgan fingerprint density at radius 2 is 2.14 bits per heavy atom. The Morgan fingerprint density at radius 3 is 2.71 bits per heavy atom. The van der Waals surface area contributed by atoms with Crippen molar-refractivity contribution < 1.29 is 14.3 Å². The lowest BCUT2D eigenvalue weighted by Crippen LogP contribution is -2.12. The molecule has 0 unspecified atom stereocenters. The number of nitrogens with zero attached hydrogens (tertiary/aromatic N) is 2. The molecule has 6 nitrogen and oxygen atoms in total. The maximum atomic E-state index is 12.2. The van der Waals surface area contributed by atoms with Crippen molar-refractivity contribution in [2.75, 3.05) is 11.9 Å². The summed E-state index contributed by atoms with van der Waals surface area (Å²) in [6.45, 7) is 5.72. The summed E-state index contributed by atoms with van der Waals surface area (Å²) < 4.78 is 6.62. The lowest BCUT2D eigenvalue weighted by Gasteiger charge is -2.01. The Hall–Kier alpha value is -2.15. The summed E-state index contributed by atoms with van der Waals surface area (Å²) in [7, 11) is 1.78. The summed E-state index contributed by atoms with van der Waals surface area (Å²) in [4.78, 5) is 24.5. The molecular formula is C14H17N3O3S. The van der Waals surface area contributed by atoms with Crippen LogP contribution in [0.25, 0.3) is 0 Å². The first-order valence-corrected chi connectivity index (χ1v) is 7.33. The monoisotopic (exact) mass is 307 g/mol. The summed E-state index contributed by atoms with van der Waals surface area (Å²) in [5.41, 5.74) is 2.09. The average molecular weight is 307 g/mol. The van der Waals surface area contributed by atoms with Gasteiger partial charge < -0.3 is 10.1 Å². The summed E-state index contributed by atoms with van der Waals surface area (Å²) >= 11 is 1.21. The molecule has 112 valence electrons. The van der Waals surface area contributed by atoms with Gasteiger partial charge in [0, 0.05) is 12.7 Å². The van der Waals surface area contributed by atoms with Crippen molar-refractivity contribution in [3.05, 3.63) is 34.0 Å². The fraction of sp³-hybridized carbons (Fsp3) is 0.357. The number of nitrogens with one attached hydrogen (secondary N) is 1. The van der Waals surface area contributed by atoms with E-state index in [9.17, 15) is 9.59 Å². The largest absolute Gasteiger partial charge is 0.462 e. The van der Waals surface area contributed by atoms with Gasteiger partial charge in [0.05, 0.1) is 23.4 Å². The number of aryl methyl sites for hydroxylation is 2. The van der Waals surface area contributed by atoms with E-state index in [0.717, 1.165) is 11.3 Å². The van der Waals surface area contributed by atoms with Gasteiger partial charge in [-0.2, -0.15) is 5.10 Å². The maximum absolute atomic E-state index is 12.2. The van der Waals surface area contributed by atoms with Crippen molar-refractivity contribution in [2.24, 2.45) is 7.05 Å². The normalized spacial score (nSPS) is 10.5. The van der Waals surface area contributed by atoms with Gasteiger partial charge in [0.25, 0.3) is 5.91 Å². The molecule has 0 aliphatic heterocycles. The summed E-state index contributed by atoms with van der Waals surface area (Å²) in [5.74, 6) is -0.602. The Bertz CT molecular complexity index is 688. The molecule has 0 bridgehead atoms. The maximum Gasteiger partial charge on any atom is 0.348 e. The Balaban J connectivity index is 2.17. The minimum Gasteiger partial charge on any atom is -0.462 e. The zero-order valence-corrected chi connectivity index (χ0v) is 13.2. The van der Waals surface area contributed by atoms with E-state index >= 15 is 0 Å². The molecule has 0 fully saturated rings. The van der Waals surface area contributed by atoms with Gasteiger partial charge in [-0.15, -0.1) is 11.3 Å². The molecule has 0 radical (unpaired) electrons. The van der Waals surface area contributed by atoms with Crippen LogP contribution >= 0.6 is 11.3 Å². The number of carbonyl (C=O) groups is 2. The highest BCUT2D eigenvalue weighted by Gasteiger charge is 2.18. The van der Waals surface area contributed by atoms with Crippen molar-refractivity contribution in [1.82, 2.24) is 9.78 Å². The summed E-state index contributed by atoms with van der Waals surface area (Å²) in [5, 5.41) is 7.44. The third-order valence-corrected chi connectivity index (χ3v) is 4.23. The van der Waals surface area contributed by atoms with Crippen LogP contribution in [0, 0.1) is 13.8 Å². The van der Waals surface area contributed by atoms with Gasteiger partial charge >= 0.3 is 5.97 Å². The molecule has 0 spiro atoms. The fourth-order valence-electron chi connectivity index (χ4n) is 1.84. The number of thiophene rings is 1. The van der Waals surface area contributed by atoms with Crippen molar-refractivity contribution in [3.8, 4) is 0 Å². The van der Waals surface area contributed by atoms with E-state index in [1.54, 1.807) is 24.7 Å². The van der Waals surface area contributed by atoms with Gasteiger partial charge in [-0.3, -0.25) is 9.48 Å². The van der Waals surface area contributed by atoms with Crippen LogP contribution in [-0.2, 0) is 11.8 Å². The fourth-order valence-corrected chi connectivity index (χ4v) is 2.81. The Morgan fingerprint density at radius 1 is 1.43 bits per heavy atom. The Labute approximate surface area is 126 Å². The minimum absolute atomic E-state index is 0.239. The number of rotatable bonds is 4. The van der Waals surface area contributed by atoms with Crippen LogP contribution in [0.15, 0.2) is 12.3 Å². The molecule has 0 aliphatic carbocycles. The summed E-state index contributed by atoms with van der Waals surface area (Å²) in [6.07, 6.45) is 1.53. The number of anilines is 1. The second-order valence-corrected chi connectivity index (χ2v) is 5.62. The molecule has 0 aromatic carbocycles. The van der Waals surface area contributed by atoms with E-state index in [1.165, 1.54) is 17.5 Å². The second kappa shape index (κ2) is 6.09. The molecule has 2 rings (SSSR count). The van der Waals surface area contributed by atoms with Gasteiger partial charge in [0.2, 0.25) is 0 Å². The van der Waals surface area contributed by atoms with Gasteiger partial charge in [-0.1, -0.05) is 0 Å². The van der Waals surface area contributed by atoms with Crippen molar-refractivity contribution in [3.63, 3.8) is 0 Å². The van der Waals surface area contributed by atoms with Crippen LogP contribution in [0.3, 0.4) is 0 Å². The number of ether oxygens (including phenoxy) is 1. The van der Waals surface area contributed by atoms with Crippen LogP contribution in [0.4, 0.5) is 5.00 Å². The van der Waals surface area contributed by atoms with Crippen LogP contribution < -0.4 is 5.32 Å². The predicted molar refractivity (Wildman–Crippen MR) is 80.9 cm³/mol. The highest BCUT2D eigenvalue weighted by atomic mass is 32.1. The molecule has 0 atom stereocenters. The third-order valence-electron chi connectivity index (χ3n) is 3.10. The number of aromatic nitrogens is 2. The number of esters is 1.